The Labute approximate surface area is 159 Å². The van der Waals surface area contributed by atoms with E-state index in [1.54, 1.807) is 0 Å². The highest BCUT2D eigenvalue weighted by Crippen LogP contribution is 2.10. The number of hydrogen-bond donors (Lipinski definition) is 1. The highest BCUT2D eigenvalue weighted by atomic mass is 15.4. The number of hydrazine groups is 1. The number of hydrogen-bond acceptors (Lipinski definition) is 2. The summed E-state index contributed by atoms with van der Waals surface area (Å²) in [5.74, 6) is 6.76. The van der Waals surface area contributed by atoms with E-state index < -0.39 is 0 Å². The lowest BCUT2D eigenvalue weighted by Gasteiger charge is -2.17. The summed E-state index contributed by atoms with van der Waals surface area (Å²) in [7, 11) is 0. The molecule has 0 aromatic carbocycles. The van der Waals surface area contributed by atoms with E-state index in [1.165, 1.54) is 96.3 Å². The van der Waals surface area contributed by atoms with Crippen molar-refractivity contribution < 1.29 is 0 Å². The van der Waals surface area contributed by atoms with Crippen LogP contribution < -0.4 is 5.84 Å². The minimum atomic E-state index is 0.755. The first kappa shape index (κ1) is 24.7. The van der Waals surface area contributed by atoms with Gasteiger partial charge in [-0.15, -0.1) is 0 Å². The van der Waals surface area contributed by atoms with Gasteiger partial charge in [0.25, 0.3) is 0 Å². The molecule has 0 aliphatic rings. The first-order valence-electron chi connectivity index (χ1n) is 11.3. The minimum Gasteiger partial charge on any atom is -0.269 e. The highest BCUT2D eigenvalue weighted by molar-refractivity contribution is 4.81. The van der Waals surface area contributed by atoms with Gasteiger partial charge in [-0.2, -0.15) is 0 Å². The predicted molar refractivity (Wildman–Crippen MR) is 115 cm³/mol. The fourth-order valence-corrected chi connectivity index (χ4v) is 3.10. The molecule has 25 heavy (non-hydrogen) atoms. The molecular weight excluding hydrogens is 304 g/mol. The monoisotopic (exact) mass is 352 g/mol. The zero-order valence-electron chi connectivity index (χ0n) is 17.8. The SMILES string of the molecule is CCCCCCCC/C=C\CCCCCCCCN(N)CCC(C)C. The molecule has 2 heteroatoms. The van der Waals surface area contributed by atoms with E-state index in [0.29, 0.717) is 0 Å². The first-order valence-corrected chi connectivity index (χ1v) is 11.3. The molecule has 150 valence electrons. The van der Waals surface area contributed by atoms with E-state index in [9.17, 15) is 0 Å². The summed E-state index contributed by atoms with van der Waals surface area (Å²) in [6.45, 7) is 8.91. The van der Waals surface area contributed by atoms with E-state index in [4.69, 9.17) is 5.84 Å². The van der Waals surface area contributed by atoms with E-state index in [2.05, 4.69) is 32.9 Å². The highest BCUT2D eigenvalue weighted by Gasteiger charge is 2.00. The number of allylic oxidation sites excluding steroid dienone is 2. The van der Waals surface area contributed by atoms with Crippen molar-refractivity contribution in [1.82, 2.24) is 5.01 Å². The summed E-state index contributed by atoms with van der Waals surface area (Å²) in [6.07, 6.45) is 25.1. The molecule has 2 nitrogen and oxygen atoms in total. The molecule has 0 aliphatic heterocycles. The molecule has 0 saturated heterocycles. The normalized spacial score (nSPS) is 12.1. The Morgan fingerprint density at radius 3 is 1.68 bits per heavy atom. The standard InChI is InChI=1S/C23H48N2/c1-4-5-6-7-8-9-10-11-12-13-14-15-16-17-18-19-21-25(24)22-20-23(2)3/h11-12,23H,4-10,13-22,24H2,1-3H3/b12-11-. The molecule has 0 spiro atoms. The van der Waals surface area contributed by atoms with E-state index in [0.717, 1.165) is 19.0 Å². The second-order valence-electron chi connectivity index (χ2n) is 8.16. The van der Waals surface area contributed by atoms with Crippen LogP contribution in [0.2, 0.25) is 0 Å². The van der Waals surface area contributed by atoms with Crippen LogP contribution in [0, 0.1) is 5.92 Å². The molecule has 0 atom stereocenters. The third-order valence-electron chi connectivity index (χ3n) is 4.95. The van der Waals surface area contributed by atoms with Crippen LogP contribution in [-0.2, 0) is 0 Å². The fraction of sp³-hybridized carbons (Fsp3) is 0.913. The van der Waals surface area contributed by atoms with Crippen LogP contribution in [-0.4, -0.2) is 18.1 Å². The zero-order chi connectivity index (χ0) is 18.6. The molecule has 0 amide bonds. The van der Waals surface area contributed by atoms with Gasteiger partial charge in [0, 0.05) is 13.1 Å². The Kier molecular flexibility index (Phi) is 19.7. The van der Waals surface area contributed by atoms with Crippen LogP contribution in [0.25, 0.3) is 0 Å². The van der Waals surface area contributed by atoms with E-state index in [-0.39, 0.29) is 0 Å². The average Bonchev–Trinajstić information content (AvgIpc) is 2.59. The molecular formula is C23H48N2. The fourth-order valence-electron chi connectivity index (χ4n) is 3.10. The van der Waals surface area contributed by atoms with Gasteiger partial charge in [-0.3, -0.25) is 5.84 Å². The zero-order valence-corrected chi connectivity index (χ0v) is 17.8. The van der Waals surface area contributed by atoms with Crippen molar-refractivity contribution in [2.45, 2.75) is 117 Å². The van der Waals surface area contributed by atoms with Crippen molar-refractivity contribution in [3.8, 4) is 0 Å². The number of nitrogens with zero attached hydrogens (tertiary/aromatic N) is 1. The predicted octanol–water partition coefficient (Wildman–Crippen LogP) is 7.25. The van der Waals surface area contributed by atoms with Gasteiger partial charge in [-0.1, -0.05) is 90.7 Å². The molecule has 0 aromatic heterocycles. The largest absolute Gasteiger partial charge is 0.269 e. The van der Waals surface area contributed by atoms with Crippen molar-refractivity contribution in [2.24, 2.45) is 11.8 Å². The molecule has 0 radical (unpaired) electrons. The van der Waals surface area contributed by atoms with Gasteiger partial charge in [0.05, 0.1) is 0 Å². The lowest BCUT2D eigenvalue weighted by atomic mass is 10.1. The Hall–Kier alpha value is -0.340. The summed E-state index contributed by atoms with van der Waals surface area (Å²) in [5.41, 5.74) is 0. The number of rotatable bonds is 19. The second-order valence-corrected chi connectivity index (χ2v) is 8.16. The van der Waals surface area contributed by atoms with Gasteiger partial charge >= 0.3 is 0 Å². The molecule has 0 bridgehead atoms. The lowest BCUT2D eigenvalue weighted by molar-refractivity contribution is 0.259. The maximum atomic E-state index is 6.01. The van der Waals surface area contributed by atoms with Gasteiger partial charge < -0.3 is 0 Å². The van der Waals surface area contributed by atoms with E-state index in [1.807, 2.05) is 5.01 Å². The van der Waals surface area contributed by atoms with Crippen LogP contribution in [0.1, 0.15) is 117 Å². The molecule has 0 aromatic rings. The summed E-state index contributed by atoms with van der Waals surface area (Å²) < 4.78 is 0. The maximum absolute atomic E-state index is 6.01. The van der Waals surface area contributed by atoms with Crippen molar-refractivity contribution in [3.63, 3.8) is 0 Å². The third-order valence-corrected chi connectivity index (χ3v) is 4.95. The number of nitrogens with two attached hydrogens (primary N) is 1. The van der Waals surface area contributed by atoms with Crippen LogP contribution in [0.4, 0.5) is 0 Å². The van der Waals surface area contributed by atoms with Gasteiger partial charge in [0.2, 0.25) is 0 Å². The molecule has 0 saturated carbocycles. The van der Waals surface area contributed by atoms with Crippen LogP contribution >= 0.6 is 0 Å². The number of unbranched alkanes of at least 4 members (excludes halogenated alkanes) is 12. The summed E-state index contributed by atoms with van der Waals surface area (Å²) >= 11 is 0. The van der Waals surface area contributed by atoms with Crippen molar-refractivity contribution in [2.75, 3.05) is 13.1 Å². The topological polar surface area (TPSA) is 29.3 Å². The Morgan fingerprint density at radius 2 is 1.16 bits per heavy atom. The van der Waals surface area contributed by atoms with Gasteiger partial charge in [-0.25, -0.2) is 5.01 Å². The Balaban J connectivity index is 3.17. The molecule has 2 N–H and O–H groups in total. The molecule has 0 aliphatic carbocycles. The van der Waals surface area contributed by atoms with Crippen LogP contribution in [0.15, 0.2) is 12.2 Å². The van der Waals surface area contributed by atoms with Crippen molar-refractivity contribution in [3.05, 3.63) is 12.2 Å². The molecule has 0 unspecified atom stereocenters. The van der Waals surface area contributed by atoms with E-state index >= 15 is 0 Å². The molecule has 0 heterocycles. The Morgan fingerprint density at radius 1 is 0.680 bits per heavy atom. The minimum absolute atomic E-state index is 0.755. The van der Waals surface area contributed by atoms with Gasteiger partial charge in [0.1, 0.15) is 0 Å². The van der Waals surface area contributed by atoms with Crippen LogP contribution in [0.3, 0.4) is 0 Å². The Bertz CT molecular complexity index is 273. The van der Waals surface area contributed by atoms with Gasteiger partial charge in [-0.05, 0) is 44.4 Å². The summed E-state index contributed by atoms with van der Waals surface area (Å²) in [6, 6.07) is 0. The van der Waals surface area contributed by atoms with Crippen molar-refractivity contribution in [1.29, 1.82) is 0 Å². The lowest BCUT2D eigenvalue weighted by Crippen LogP contribution is -2.33. The average molecular weight is 353 g/mol. The molecule has 0 fully saturated rings. The quantitative estimate of drug-likeness (QED) is 0.115. The summed E-state index contributed by atoms with van der Waals surface area (Å²) in [4.78, 5) is 0. The van der Waals surface area contributed by atoms with Crippen molar-refractivity contribution >= 4 is 0 Å². The summed E-state index contributed by atoms with van der Waals surface area (Å²) in [5, 5.41) is 2.01. The molecule has 0 rings (SSSR count). The first-order chi connectivity index (χ1) is 12.2. The van der Waals surface area contributed by atoms with Crippen LogP contribution in [0.5, 0.6) is 0 Å². The second kappa shape index (κ2) is 20.0. The smallest absolute Gasteiger partial charge is 0.0131 e. The maximum Gasteiger partial charge on any atom is 0.0131 e. The third kappa shape index (κ3) is 21.6. The van der Waals surface area contributed by atoms with Gasteiger partial charge in [0.15, 0.2) is 0 Å².